The Morgan fingerprint density at radius 3 is 2.35 bits per heavy atom. The number of aryl methyl sites for hydroxylation is 1. The summed E-state index contributed by atoms with van der Waals surface area (Å²) < 4.78 is 20.5. The molecule has 0 aliphatic heterocycles. The van der Waals surface area contributed by atoms with Gasteiger partial charge in [0.1, 0.15) is 5.75 Å². The van der Waals surface area contributed by atoms with E-state index < -0.39 is 12.6 Å². The Morgan fingerprint density at radius 2 is 1.69 bits per heavy atom. The molecular weight excluding hydrogens is 360 g/mol. The molecule has 0 aromatic heterocycles. The molecule has 0 aliphatic rings. The molecule has 0 radical (unpaired) electrons. The number of methoxy groups -OCH3 is 2. The predicted molar refractivity (Wildman–Crippen MR) is 96.5 cm³/mol. The SMILES string of the molecule is COc1ccc(C(=O)COC(=O)COc2ccc(Cl)c(C)c2)cc1OC. The number of Topliss-reactive ketones (excluding diaryl/α,β-unsaturated/α-hetero) is 1. The lowest BCUT2D eigenvalue weighted by atomic mass is 10.1. The van der Waals surface area contributed by atoms with Gasteiger partial charge < -0.3 is 18.9 Å². The molecule has 0 heterocycles. The fraction of sp³-hybridized carbons (Fsp3) is 0.263. The molecule has 0 aliphatic carbocycles. The average molecular weight is 379 g/mol. The quantitative estimate of drug-likeness (QED) is 0.517. The lowest BCUT2D eigenvalue weighted by Crippen LogP contribution is -2.19. The Bertz CT molecular complexity index is 803. The van der Waals surface area contributed by atoms with Crippen molar-refractivity contribution in [3.63, 3.8) is 0 Å². The van der Waals surface area contributed by atoms with Gasteiger partial charge in [-0.15, -0.1) is 0 Å². The van der Waals surface area contributed by atoms with E-state index >= 15 is 0 Å². The van der Waals surface area contributed by atoms with Gasteiger partial charge in [0.25, 0.3) is 0 Å². The van der Waals surface area contributed by atoms with E-state index in [-0.39, 0.29) is 12.4 Å². The van der Waals surface area contributed by atoms with Crippen LogP contribution in [-0.2, 0) is 9.53 Å². The Balaban J connectivity index is 1.86. The molecule has 138 valence electrons. The highest BCUT2D eigenvalue weighted by atomic mass is 35.5. The molecule has 2 aromatic carbocycles. The molecule has 0 spiro atoms. The first-order valence-corrected chi connectivity index (χ1v) is 8.12. The first-order valence-electron chi connectivity index (χ1n) is 7.74. The van der Waals surface area contributed by atoms with E-state index in [2.05, 4.69) is 0 Å². The smallest absolute Gasteiger partial charge is 0.344 e. The molecule has 0 saturated heterocycles. The number of halogens is 1. The van der Waals surface area contributed by atoms with Crippen LogP contribution >= 0.6 is 11.6 Å². The van der Waals surface area contributed by atoms with Gasteiger partial charge in [-0.25, -0.2) is 4.79 Å². The van der Waals surface area contributed by atoms with E-state index in [0.29, 0.717) is 27.8 Å². The molecule has 26 heavy (non-hydrogen) atoms. The van der Waals surface area contributed by atoms with Crippen molar-refractivity contribution in [2.75, 3.05) is 27.4 Å². The Kier molecular flexibility index (Phi) is 6.86. The molecule has 0 bridgehead atoms. The minimum absolute atomic E-state index is 0.305. The highest BCUT2D eigenvalue weighted by Crippen LogP contribution is 2.27. The third kappa shape index (κ3) is 5.13. The van der Waals surface area contributed by atoms with Crippen LogP contribution in [0.4, 0.5) is 0 Å². The summed E-state index contributed by atoms with van der Waals surface area (Å²) in [4.78, 5) is 23.9. The number of rotatable bonds is 8. The Labute approximate surface area is 156 Å². The summed E-state index contributed by atoms with van der Waals surface area (Å²) in [5, 5.41) is 0.612. The first-order chi connectivity index (χ1) is 12.4. The highest BCUT2D eigenvalue weighted by Gasteiger charge is 2.13. The van der Waals surface area contributed by atoms with Crippen molar-refractivity contribution in [2.24, 2.45) is 0 Å². The number of ketones is 1. The maximum Gasteiger partial charge on any atom is 0.344 e. The van der Waals surface area contributed by atoms with Gasteiger partial charge in [-0.05, 0) is 48.9 Å². The predicted octanol–water partition coefficient (Wildman–Crippen LogP) is 3.47. The van der Waals surface area contributed by atoms with Crippen LogP contribution in [0.15, 0.2) is 36.4 Å². The van der Waals surface area contributed by atoms with Gasteiger partial charge in [0, 0.05) is 10.6 Å². The lowest BCUT2D eigenvalue weighted by molar-refractivity contribution is -0.144. The fourth-order valence-electron chi connectivity index (χ4n) is 2.13. The van der Waals surface area contributed by atoms with Gasteiger partial charge >= 0.3 is 5.97 Å². The largest absolute Gasteiger partial charge is 0.493 e. The topological polar surface area (TPSA) is 71.1 Å². The van der Waals surface area contributed by atoms with E-state index in [1.807, 2.05) is 6.92 Å². The van der Waals surface area contributed by atoms with Gasteiger partial charge in [0.2, 0.25) is 0 Å². The van der Waals surface area contributed by atoms with E-state index in [4.69, 9.17) is 30.5 Å². The van der Waals surface area contributed by atoms with E-state index in [1.165, 1.54) is 20.3 Å². The monoisotopic (exact) mass is 378 g/mol. The summed E-state index contributed by atoms with van der Waals surface area (Å²) in [5.74, 6) is 0.418. The van der Waals surface area contributed by atoms with Crippen molar-refractivity contribution in [3.05, 3.63) is 52.5 Å². The van der Waals surface area contributed by atoms with Gasteiger partial charge in [-0.1, -0.05) is 11.6 Å². The number of carbonyl (C=O) groups excluding carboxylic acids is 2. The lowest BCUT2D eigenvalue weighted by Gasteiger charge is -2.10. The maximum atomic E-state index is 12.1. The standard InChI is InChI=1S/C19H19ClO6/c1-12-8-14(5-6-15(12)20)25-11-19(22)26-10-16(21)13-4-7-17(23-2)18(9-13)24-3/h4-9H,10-11H2,1-3H3. The van der Waals surface area contributed by atoms with E-state index in [1.54, 1.807) is 30.3 Å². The van der Waals surface area contributed by atoms with Crippen molar-refractivity contribution in [3.8, 4) is 17.2 Å². The molecule has 0 unspecified atom stereocenters. The van der Waals surface area contributed by atoms with Gasteiger partial charge in [0.05, 0.1) is 14.2 Å². The maximum absolute atomic E-state index is 12.1. The number of ether oxygens (including phenoxy) is 4. The van der Waals surface area contributed by atoms with Crippen molar-refractivity contribution in [1.29, 1.82) is 0 Å². The molecule has 0 fully saturated rings. The van der Waals surface area contributed by atoms with Crippen LogP contribution in [0.3, 0.4) is 0 Å². The molecule has 0 amide bonds. The van der Waals surface area contributed by atoms with Crippen LogP contribution in [0.2, 0.25) is 5.02 Å². The average Bonchev–Trinajstić information content (AvgIpc) is 2.66. The molecule has 2 rings (SSSR count). The van der Waals surface area contributed by atoms with Crippen LogP contribution in [0, 0.1) is 6.92 Å². The van der Waals surface area contributed by atoms with Gasteiger partial charge in [-0.2, -0.15) is 0 Å². The summed E-state index contributed by atoms with van der Waals surface area (Å²) >= 11 is 5.93. The minimum atomic E-state index is -0.647. The van der Waals surface area contributed by atoms with E-state index in [0.717, 1.165) is 5.56 Å². The van der Waals surface area contributed by atoms with E-state index in [9.17, 15) is 9.59 Å². The number of carbonyl (C=O) groups is 2. The third-order valence-corrected chi connectivity index (χ3v) is 3.98. The molecule has 6 nitrogen and oxygen atoms in total. The van der Waals surface area contributed by atoms with Crippen LogP contribution in [0.25, 0.3) is 0 Å². The number of hydrogen-bond donors (Lipinski definition) is 0. The van der Waals surface area contributed by atoms with Gasteiger partial charge in [0.15, 0.2) is 30.5 Å². The summed E-state index contributed by atoms with van der Waals surface area (Å²) in [5.41, 5.74) is 1.19. The summed E-state index contributed by atoms with van der Waals surface area (Å²) in [6.45, 7) is 1.13. The van der Waals surface area contributed by atoms with Crippen LogP contribution in [0.1, 0.15) is 15.9 Å². The summed E-state index contributed by atoms with van der Waals surface area (Å²) in [7, 11) is 2.98. The number of esters is 1. The second-order valence-corrected chi connectivity index (χ2v) is 5.76. The molecule has 2 aromatic rings. The second-order valence-electron chi connectivity index (χ2n) is 5.35. The minimum Gasteiger partial charge on any atom is -0.493 e. The molecule has 0 N–H and O–H groups in total. The summed E-state index contributed by atoms with van der Waals surface area (Å²) in [6, 6.07) is 9.76. The van der Waals surface area contributed by atoms with Crippen LogP contribution in [-0.4, -0.2) is 39.2 Å². The Morgan fingerprint density at radius 1 is 0.962 bits per heavy atom. The van der Waals surface area contributed by atoms with Crippen LogP contribution in [0.5, 0.6) is 17.2 Å². The molecule has 0 atom stereocenters. The number of hydrogen-bond acceptors (Lipinski definition) is 6. The van der Waals surface area contributed by atoms with Crippen molar-refractivity contribution in [1.82, 2.24) is 0 Å². The van der Waals surface area contributed by atoms with Crippen LogP contribution < -0.4 is 14.2 Å². The zero-order valence-corrected chi connectivity index (χ0v) is 15.5. The zero-order chi connectivity index (χ0) is 19.1. The molecule has 0 saturated carbocycles. The van der Waals surface area contributed by atoms with Crippen molar-refractivity contribution in [2.45, 2.75) is 6.92 Å². The second kappa shape index (κ2) is 9.10. The third-order valence-electron chi connectivity index (χ3n) is 3.56. The highest BCUT2D eigenvalue weighted by molar-refractivity contribution is 6.31. The van der Waals surface area contributed by atoms with Crippen molar-refractivity contribution < 1.29 is 28.5 Å². The normalized spacial score (nSPS) is 10.2. The molecule has 7 heteroatoms. The number of benzene rings is 2. The summed E-state index contributed by atoms with van der Waals surface area (Å²) in [6.07, 6.45) is 0. The zero-order valence-electron chi connectivity index (χ0n) is 14.7. The fourth-order valence-corrected chi connectivity index (χ4v) is 2.25. The first kappa shape index (κ1) is 19.6. The van der Waals surface area contributed by atoms with Gasteiger partial charge in [-0.3, -0.25) is 4.79 Å². The Hall–Kier alpha value is -2.73. The molecular formula is C19H19ClO6. The van der Waals surface area contributed by atoms with Crippen molar-refractivity contribution >= 4 is 23.4 Å².